The summed E-state index contributed by atoms with van der Waals surface area (Å²) >= 11 is 8.27. The molecule has 0 saturated heterocycles. The van der Waals surface area contributed by atoms with Gasteiger partial charge < -0.3 is 5.73 Å². The molecule has 1 unspecified atom stereocenters. The topological polar surface area (TPSA) is 67.6 Å². The predicted octanol–water partition coefficient (Wildman–Crippen LogP) is 3.48. The zero-order valence-corrected chi connectivity index (χ0v) is 14.0. The Bertz CT molecular complexity index is 333. The minimum atomic E-state index is 0.382. The van der Waals surface area contributed by atoms with E-state index in [9.17, 15) is 0 Å². The number of H-pyrrole nitrogens is 1. The van der Waals surface area contributed by atoms with E-state index in [1.165, 1.54) is 31.4 Å². The van der Waals surface area contributed by atoms with Gasteiger partial charge in [0.2, 0.25) is 11.1 Å². The maximum absolute atomic E-state index is 5.46. The number of unbranched alkanes of at least 4 members (excludes halogenated alkanes) is 3. The SMILES string of the molecule is CCCCCCSCC(S)CCSc1n[nH]c(N)n1. The number of hydrogen-bond donors (Lipinski definition) is 3. The molecule has 4 nitrogen and oxygen atoms in total. The summed E-state index contributed by atoms with van der Waals surface area (Å²) in [6.07, 6.45) is 6.45. The molecule has 0 fully saturated rings. The first-order chi connectivity index (χ1) is 9.22. The molecule has 0 amide bonds. The van der Waals surface area contributed by atoms with Crippen LogP contribution >= 0.6 is 36.2 Å². The Labute approximate surface area is 129 Å². The molecule has 1 aromatic heterocycles. The minimum Gasteiger partial charge on any atom is -0.368 e. The van der Waals surface area contributed by atoms with Crippen molar-refractivity contribution in [3.63, 3.8) is 0 Å². The van der Waals surface area contributed by atoms with Gasteiger partial charge in [0.15, 0.2) is 0 Å². The van der Waals surface area contributed by atoms with Crippen molar-refractivity contribution < 1.29 is 0 Å². The molecular weight excluding hydrogens is 296 g/mol. The summed E-state index contributed by atoms with van der Waals surface area (Å²) in [4.78, 5) is 4.06. The van der Waals surface area contributed by atoms with Crippen molar-refractivity contribution in [1.29, 1.82) is 0 Å². The standard InChI is InChI=1S/C12H24N4S3/c1-2-3-4-5-7-18-9-10(17)6-8-19-12-14-11(13)15-16-12/h10,17H,2-9H2,1H3,(H3,13,14,15,16). The number of nitrogens with two attached hydrogens (primary N) is 1. The third kappa shape index (κ3) is 8.70. The largest absolute Gasteiger partial charge is 0.368 e. The van der Waals surface area contributed by atoms with Gasteiger partial charge in [-0.05, 0) is 18.6 Å². The van der Waals surface area contributed by atoms with Crippen LogP contribution in [0.25, 0.3) is 0 Å². The van der Waals surface area contributed by atoms with Gasteiger partial charge in [0, 0.05) is 16.8 Å². The van der Waals surface area contributed by atoms with Crippen molar-refractivity contribution in [1.82, 2.24) is 15.2 Å². The smallest absolute Gasteiger partial charge is 0.216 e. The van der Waals surface area contributed by atoms with Crippen molar-refractivity contribution in [3.05, 3.63) is 0 Å². The maximum Gasteiger partial charge on any atom is 0.216 e. The van der Waals surface area contributed by atoms with E-state index in [0.717, 1.165) is 23.1 Å². The van der Waals surface area contributed by atoms with E-state index in [1.54, 1.807) is 11.8 Å². The van der Waals surface area contributed by atoms with Crippen LogP contribution in [0.1, 0.15) is 39.0 Å². The summed E-state index contributed by atoms with van der Waals surface area (Å²) in [5, 5.41) is 7.81. The second-order valence-electron chi connectivity index (χ2n) is 4.43. The number of thiol groups is 1. The number of nitrogens with zero attached hydrogens (tertiary/aromatic N) is 2. The molecule has 110 valence electrons. The number of nitrogen functional groups attached to an aromatic ring is 1. The summed E-state index contributed by atoms with van der Waals surface area (Å²) < 4.78 is 0. The van der Waals surface area contributed by atoms with Gasteiger partial charge >= 0.3 is 0 Å². The van der Waals surface area contributed by atoms with E-state index in [1.807, 2.05) is 11.8 Å². The van der Waals surface area contributed by atoms with Crippen LogP contribution < -0.4 is 5.73 Å². The molecule has 0 saturated carbocycles. The molecular formula is C12H24N4S3. The highest BCUT2D eigenvalue weighted by Gasteiger charge is 2.06. The Balaban J connectivity index is 1.94. The molecule has 1 aromatic rings. The van der Waals surface area contributed by atoms with E-state index < -0.39 is 0 Å². The predicted molar refractivity (Wildman–Crippen MR) is 90.4 cm³/mol. The first-order valence-corrected chi connectivity index (χ1v) is 9.44. The van der Waals surface area contributed by atoms with Crippen molar-refractivity contribution in [3.8, 4) is 0 Å². The summed E-state index contributed by atoms with van der Waals surface area (Å²) in [5.74, 6) is 3.77. The van der Waals surface area contributed by atoms with Crippen molar-refractivity contribution >= 4 is 42.1 Å². The number of anilines is 1. The lowest BCUT2D eigenvalue weighted by Gasteiger charge is -2.09. The fourth-order valence-electron chi connectivity index (χ4n) is 1.54. The third-order valence-corrected chi connectivity index (χ3v) is 5.40. The Hall–Kier alpha value is -0.0100. The summed E-state index contributed by atoms with van der Waals surface area (Å²) in [6, 6.07) is 0. The number of thioether (sulfide) groups is 2. The lowest BCUT2D eigenvalue weighted by atomic mass is 10.2. The molecule has 0 aromatic carbocycles. The first kappa shape index (κ1) is 17.0. The molecule has 19 heavy (non-hydrogen) atoms. The van der Waals surface area contributed by atoms with Gasteiger partial charge in [-0.25, -0.2) is 5.10 Å². The number of aromatic nitrogens is 3. The summed E-state index contributed by atoms with van der Waals surface area (Å²) in [5.41, 5.74) is 5.46. The van der Waals surface area contributed by atoms with E-state index in [4.69, 9.17) is 5.73 Å². The van der Waals surface area contributed by atoms with Gasteiger partial charge in [-0.2, -0.15) is 29.4 Å². The highest BCUT2D eigenvalue weighted by Crippen LogP contribution is 2.19. The second-order valence-corrected chi connectivity index (χ2v) is 7.37. The summed E-state index contributed by atoms with van der Waals surface area (Å²) in [7, 11) is 0. The lowest BCUT2D eigenvalue weighted by molar-refractivity contribution is 0.706. The Morgan fingerprint density at radius 1 is 1.32 bits per heavy atom. The van der Waals surface area contributed by atoms with Gasteiger partial charge in [0.1, 0.15) is 0 Å². The van der Waals surface area contributed by atoms with Crippen LogP contribution in [0.4, 0.5) is 5.95 Å². The van der Waals surface area contributed by atoms with Crippen LogP contribution in [-0.4, -0.2) is 37.7 Å². The molecule has 1 rings (SSSR count). The lowest BCUT2D eigenvalue weighted by Crippen LogP contribution is -2.04. The Kier molecular flexibility index (Phi) is 9.63. The van der Waals surface area contributed by atoms with Gasteiger partial charge in [0.05, 0.1) is 0 Å². The zero-order chi connectivity index (χ0) is 13.9. The highest BCUT2D eigenvalue weighted by atomic mass is 32.2. The molecule has 0 spiro atoms. The van der Waals surface area contributed by atoms with Crippen LogP contribution in [0.3, 0.4) is 0 Å². The van der Waals surface area contributed by atoms with Crippen LogP contribution in [0, 0.1) is 0 Å². The van der Waals surface area contributed by atoms with E-state index >= 15 is 0 Å². The molecule has 3 N–H and O–H groups in total. The Morgan fingerprint density at radius 3 is 2.84 bits per heavy atom. The molecule has 0 bridgehead atoms. The van der Waals surface area contributed by atoms with Gasteiger partial charge in [-0.1, -0.05) is 37.9 Å². The quantitative estimate of drug-likeness (QED) is 0.331. The molecule has 0 aliphatic carbocycles. The monoisotopic (exact) mass is 320 g/mol. The fraction of sp³-hybridized carbons (Fsp3) is 0.833. The average Bonchev–Trinajstić information content (AvgIpc) is 2.79. The van der Waals surface area contributed by atoms with Crippen molar-refractivity contribution in [2.45, 2.75) is 49.4 Å². The van der Waals surface area contributed by atoms with Crippen LogP contribution in [0.2, 0.25) is 0 Å². The van der Waals surface area contributed by atoms with Crippen molar-refractivity contribution in [2.24, 2.45) is 0 Å². The van der Waals surface area contributed by atoms with E-state index in [0.29, 0.717) is 11.2 Å². The van der Waals surface area contributed by atoms with Crippen molar-refractivity contribution in [2.75, 3.05) is 23.0 Å². The molecule has 1 heterocycles. The number of hydrogen-bond acceptors (Lipinski definition) is 6. The molecule has 0 aliphatic rings. The molecule has 7 heteroatoms. The highest BCUT2D eigenvalue weighted by molar-refractivity contribution is 8.00. The third-order valence-electron chi connectivity index (χ3n) is 2.62. The van der Waals surface area contributed by atoms with E-state index in [2.05, 4.69) is 34.7 Å². The van der Waals surface area contributed by atoms with Gasteiger partial charge in [-0.3, -0.25) is 0 Å². The number of aromatic amines is 1. The van der Waals surface area contributed by atoms with Gasteiger partial charge in [0.25, 0.3) is 0 Å². The minimum absolute atomic E-state index is 0.382. The number of nitrogens with one attached hydrogen (secondary N) is 1. The van der Waals surface area contributed by atoms with Crippen LogP contribution in [0.15, 0.2) is 5.16 Å². The molecule has 1 atom stereocenters. The normalized spacial score (nSPS) is 12.7. The Morgan fingerprint density at radius 2 is 2.16 bits per heavy atom. The second kappa shape index (κ2) is 10.7. The molecule has 0 aliphatic heterocycles. The maximum atomic E-state index is 5.46. The summed E-state index contributed by atoms with van der Waals surface area (Å²) in [6.45, 7) is 2.25. The van der Waals surface area contributed by atoms with Gasteiger partial charge in [-0.15, -0.1) is 5.10 Å². The average molecular weight is 321 g/mol. The fourth-order valence-corrected chi connectivity index (χ4v) is 4.03. The first-order valence-electron chi connectivity index (χ1n) is 6.79. The van der Waals surface area contributed by atoms with Crippen LogP contribution in [0.5, 0.6) is 0 Å². The zero-order valence-electron chi connectivity index (χ0n) is 11.5. The van der Waals surface area contributed by atoms with Crippen LogP contribution in [-0.2, 0) is 0 Å². The van der Waals surface area contributed by atoms with E-state index in [-0.39, 0.29) is 0 Å². The number of rotatable bonds is 11. The molecule has 0 radical (unpaired) electrons.